The first-order chi connectivity index (χ1) is 12.7. The smallest absolute Gasteiger partial charge is 0.240 e. The Hall–Kier alpha value is -0.920. The monoisotopic (exact) mass is 447 g/mol. The molecule has 1 N–H and O–H groups in total. The highest BCUT2D eigenvalue weighted by Crippen LogP contribution is 2.29. The fraction of sp³-hybridized carbons (Fsp3) is 0.368. The maximum absolute atomic E-state index is 12.5. The number of sulfonamides is 1. The molecule has 8 heteroatoms. The number of thioether (sulfide) groups is 1. The molecule has 0 fully saturated rings. The highest BCUT2D eigenvalue weighted by molar-refractivity contribution is 7.98. The van der Waals surface area contributed by atoms with E-state index in [1.165, 1.54) is 0 Å². The van der Waals surface area contributed by atoms with Crippen molar-refractivity contribution in [2.75, 3.05) is 19.4 Å². The van der Waals surface area contributed by atoms with Gasteiger partial charge < -0.3 is 4.74 Å². The Morgan fingerprint density at radius 2 is 1.85 bits per heavy atom. The van der Waals surface area contributed by atoms with Crippen LogP contribution in [0.15, 0.2) is 41.3 Å². The zero-order chi connectivity index (χ0) is 20.0. The van der Waals surface area contributed by atoms with E-state index in [1.54, 1.807) is 43.1 Å². The lowest BCUT2D eigenvalue weighted by atomic mass is 10.0. The average Bonchev–Trinajstić information content (AvgIpc) is 2.63. The molecule has 2 aromatic rings. The second kappa shape index (κ2) is 10.0. The number of rotatable bonds is 9. The van der Waals surface area contributed by atoms with E-state index >= 15 is 0 Å². The van der Waals surface area contributed by atoms with Crippen LogP contribution in [0.25, 0.3) is 0 Å². The van der Waals surface area contributed by atoms with E-state index in [0.29, 0.717) is 28.1 Å². The van der Waals surface area contributed by atoms with Gasteiger partial charge in [-0.25, -0.2) is 13.1 Å². The van der Waals surface area contributed by atoms with Crippen molar-refractivity contribution >= 4 is 45.0 Å². The Kier molecular flexibility index (Phi) is 8.31. The van der Waals surface area contributed by atoms with Crippen LogP contribution in [0.3, 0.4) is 0 Å². The number of ether oxygens (including phenoxy) is 1. The molecule has 0 aliphatic carbocycles. The predicted octanol–water partition coefficient (Wildman–Crippen LogP) is 5.34. The van der Waals surface area contributed by atoms with E-state index in [-0.39, 0.29) is 10.8 Å². The van der Waals surface area contributed by atoms with Crippen molar-refractivity contribution in [3.8, 4) is 5.75 Å². The van der Waals surface area contributed by atoms with Crippen LogP contribution in [-0.4, -0.2) is 27.8 Å². The summed E-state index contributed by atoms with van der Waals surface area (Å²) in [4.78, 5) is 0.251. The van der Waals surface area contributed by atoms with E-state index in [4.69, 9.17) is 27.9 Å². The van der Waals surface area contributed by atoms with Gasteiger partial charge in [-0.1, -0.05) is 43.1 Å². The second-order valence-corrected chi connectivity index (χ2v) is 9.94. The van der Waals surface area contributed by atoms with Crippen molar-refractivity contribution in [3.63, 3.8) is 0 Å². The van der Waals surface area contributed by atoms with Crippen molar-refractivity contribution in [1.29, 1.82) is 0 Å². The first-order valence-electron chi connectivity index (χ1n) is 8.44. The minimum absolute atomic E-state index is 0.164. The maximum atomic E-state index is 12.5. The van der Waals surface area contributed by atoms with Gasteiger partial charge in [-0.2, -0.15) is 11.8 Å². The molecule has 0 atom stereocenters. The summed E-state index contributed by atoms with van der Waals surface area (Å²) in [7, 11) is -1.97. The maximum Gasteiger partial charge on any atom is 0.240 e. The van der Waals surface area contributed by atoms with Gasteiger partial charge in [-0.3, -0.25) is 0 Å². The van der Waals surface area contributed by atoms with E-state index in [9.17, 15) is 8.42 Å². The summed E-state index contributed by atoms with van der Waals surface area (Å²) in [5.41, 5.74) is 1.92. The van der Waals surface area contributed by atoms with Crippen molar-refractivity contribution in [2.24, 2.45) is 0 Å². The number of halogens is 2. The van der Waals surface area contributed by atoms with Gasteiger partial charge in [0.2, 0.25) is 10.0 Å². The van der Waals surface area contributed by atoms with Crippen LogP contribution in [0.5, 0.6) is 5.75 Å². The highest BCUT2D eigenvalue weighted by atomic mass is 35.5. The van der Waals surface area contributed by atoms with E-state index in [1.807, 2.05) is 26.0 Å². The summed E-state index contributed by atoms with van der Waals surface area (Å²) in [6, 6.07) is 10.4. The zero-order valence-corrected chi connectivity index (χ0v) is 18.6. The normalized spacial score (nSPS) is 11.8. The first-order valence-corrected chi connectivity index (χ1v) is 11.8. The van der Waals surface area contributed by atoms with Crippen molar-refractivity contribution in [1.82, 2.24) is 4.72 Å². The molecule has 0 saturated heterocycles. The highest BCUT2D eigenvalue weighted by Gasteiger charge is 2.17. The van der Waals surface area contributed by atoms with Crippen LogP contribution in [0.1, 0.15) is 30.9 Å². The number of methoxy groups -OCH3 is 1. The van der Waals surface area contributed by atoms with Crippen LogP contribution < -0.4 is 9.46 Å². The van der Waals surface area contributed by atoms with Gasteiger partial charge in [0.05, 0.1) is 22.1 Å². The summed E-state index contributed by atoms with van der Waals surface area (Å²) < 4.78 is 33.0. The van der Waals surface area contributed by atoms with E-state index in [2.05, 4.69) is 4.72 Å². The molecule has 0 amide bonds. The van der Waals surface area contributed by atoms with E-state index in [0.717, 1.165) is 16.9 Å². The van der Waals surface area contributed by atoms with Gasteiger partial charge in [0.15, 0.2) is 0 Å². The van der Waals surface area contributed by atoms with Crippen LogP contribution in [0.2, 0.25) is 10.0 Å². The van der Waals surface area contributed by atoms with Crippen molar-refractivity contribution < 1.29 is 13.2 Å². The Morgan fingerprint density at radius 3 is 2.48 bits per heavy atom. The second-order valence-electron chi connectivity index (χ2n) is 6.26. The number of benzene rings is 2. The fourth-order valence-corrected chi connectivity index (χ4v) is 4.80. The number of nitrogens with one attached hydrogen (secondary N) is 1. The molecule has 4 nitrogen and oxygen atoms in total. The molecule has 0 bridgehead atoms. The summed E-state index contributed by atoms with van der Waals surface area (Å²) in [6.07, 6.45) is 0. The lowest BCUT2D eigenvalue weighted by Crippen LogP contribution is -2.26. The van der Waals surface area contributed by atoms with Crippen LogP contribution in [0.4, 0.5) is 0 Å². The van der Waals surface area contributed by atoms with E-state index < -0.39 is 10.0 Å². The molecule has 148 valence electrons. The summed E-state index contributed by atoms with van der Waals surface area (Å²) in [5.74, 6) is 2.24. The summed E-state index contributed by atoms with van der Waals surface area (Å²) >= 11 is 13.5. The third kappa shape index (κ3) is 6.29. The average molecular weight is 448 g/mol. The molecular formula is C19H23Cl2NO3S2. The van der Waals surface area contributed by atoms with Crippen molar-refractivity contribution in [3.05, 3.63) is 57.6 Å². The summed E-state index contributed by atoms with van der Waals surface area (Å²) in [5, 5.41) is 1.05. The lowest BCUT2D eigenvalue weighted by molar-refractivity contribution is 0.407. The Bertz CT molecular complexity index is 887. The third-order valence-electron chi connectivity index (χ3n) is 3.92. The lowest BCUT2D eigenvalue weighted by Gasteiger charge is -2.14. The SMILES string of the molecule is COc1ccc(S(=O)(=O)NCCSCc2ccc(Cl)c(Cl)c2)cc1C(C)C. The Morgan fingerprint density at radius 1 is 1.11 bits per heavy atom. The molecule has 0 aromatic heterocycles. The van der Waals surface area contributed by atoms with Gasteiger partial charge in [0.1, 0.15) is 5.75 Å². The molecule has 0 heterocycles. The Labute approximate surface area is 175 Å². The number of hydrogen-bond acceptors (Lipinski definition) is 4. The molecule has 0 unspecified atom stereocenters. The van der Waals surface area contributed by atoms with Gasteiger partial charge in [0, 0.05) is 18.1 Å². The van der Waals surface area contributed by atoms with Crippen LogP contribution in [-0.2, 0) is 15.8 Å². The molecule has 0 spiro atoms. The zero-order valence-electron chi connectivity index (χ0n) is 15.5. The molecule has 0 saturated carbocycles. The van der Waals surface area contributed by atoms with Crippen molar-refractivity contribution in [2.45, 2.75) is 30.4 Å². The quantitative estimate of drug-likeness (QED) is 0.527. The third-order valence-corrected chi connectivity index (χ3v) is 7.15. The largest absolute Gasteiger partial charge is 0.496 e. The van der Waals surface area contributed by atoms with Gasteiger partial charge in [-0.15, -0.1) is 0 Å². The predicted molar refractivity (Wildman–Crippen MR) is 115 cm³/mol. The molecule has 27 heavy (non-hydrogen) atoms. The van der Waals surface area contributed by atoms with Crippen LogP contribution in [0, 0.1) is 0 Å². The minimum Gasteiger partial charge on any atom is -0.496 e. The Balaban J connectivity index is 1.91. The molecular weight excluding hydrogens is 425 g/mol. The fourth-order valence-electron chi connectivity index (χ4n) is 2.48. The van der Waals surface area contributed by atoms with Gasteiger partial charge >= 0.3 is 0 Å². The summed E-state index contributed by atoms with van der Waals surface area (Å²) in [6.45, 7) is 4.35. The first kappa shape index (κ1) is 22.4. The van der Waals surface area contributed by atoms with Gasteiger partial charge in [0.25, 0.3) is 0 Å². The number of hydrogen-bond donors (Lipinski definition) is 1. The molecule has 0 radical (unpaired) electrons. The molecule has 2 rings (SSSR count). The minimum atomic E-state index is -3.56. The molecule has 0 aliphatic rings. The molecule has 0 aliphatic heterocycles. The standard InChI is InChI=1S/C19H23Cl2NO3S2/c1-13(2)16-11-15(5-7-19(16)25-3)27(23,24)22-8-9-26-12-14-4-6-17(20)18(21)10-14/h4-7,10-11,13,22H,8-9,12H2,1-3H3. The topological polar surface area (TPSA) is 55.4 Å². The molecule has 2 aromatic carbocycles. The van der Waals surface area contributed by atoms with Gasteiger partial charge in [-0.05, 0) is 47.4 Å². The van der Waals surface area contributed by atoms with Crippen LogP contribution >= 0.6 is 35.0 Å².